The third-order valence-corrected chi connectivity index (χ3v) is 5.77. The fourth-order valence-corrected chi connectivity index (χ4v) is 4.23. The third kappa shape index (κ3) is 4.87. The van der Waals surface area contributed by atoms with Crippen LogP contribution in [0.4, 0.5) is 0 Å². The van der Waals surface area contributed by atoms with Gasteiger partial charge in [-0.25, -0.2) is 9.97 Å². The number of primary amides is 1. The van der Waals surface area contributed by atoms with Gasteiger partial charge in [0.15, 0.2) is 0 Å². The van der Waals surface area contributed by atoms with Crippen LogP contribution in [0.3, 0.4) is 0 Å². The Bertz CT molecular complexity index is 1010. The summed E-state index contributed by atoms with van der Waals surface area (Å²) in [6.45, 7) is 1.86. The van der Waals surface area contributed by atoms with E-state index >= 15 is 0 Å². The number of rotatable bonds is 5. The summed E-state index contributed by atoms with van der Waals surface area (Å²) >= 11 is 7.69. The second-order valence-electron chi connectivity index (χ2n) is 6.52. The number of ether oxygens (including phenoxy) is 1. The number of hydrogen-bond donors (Lipinski definition) is 2. The van der Waals surface area contributed by atoms with Crippen LogP contribution in [-0.4, -0.2) is 35.1 Å². The van der Waals surface area contributed by atoms with Crippen molar-refractivity contribution in [3.8, 4) is 27.6 Å². The largest absolute Gasteiger partial charge is 0.489 e. The predicted octanol–water partition coefficient (Wildman–Crippen LogP) is 4.18. The van der Waals surface area contributed by atoms with Crippen molar-refractivity contribution in [2.75, 3.05) is 13.1 Å². The van der Waals surface area contributed by atoms with E-state index < -0.39 is 5.91 Å². The summed E-state index contributed by atoms with van der Waals surface area (Å²) in [5, 5.41) is 6.48. The van der Waals surface area contributed by atoms with Gasteiger partial charge in [0.2, 0.25) is 0 Å². The maximum absolute atomic E-state index is 11.9. The number of pyridine rings is 1. The Labute approximate surface area is 183 Å². The number of nitrogens with one attached hydrogen (secondary N) is 1. The van der Waals surface area contributed by atoms with Gasteiger partial charge in [-0.2, -0.15) is 0 Å². The number of amides is 1. The number of thiazole rings is 1. The monoisotopic (exact) mass is 450 g/mol. The van der Waals surface area contributed by atoms with Gasteiger partial charge in [-0.3, -0.25) is 4.79 Å². The number of hydrogen-bond acceptors (Lipinski definition) is 6. The molecule has 4 rings (SSSR count). The molecule has 1 fully saturated rings. The van der Waals surface area contributed by atoms with Gasteiger partial charge >= 0.3 is 0 Å². The molecule has 1 aliphatic rings. The normalized spacial score (nSPS) is 14.2. The minimum atomic E-state index is -0.599. The first-order valence-corrected chi connectivity index (χ1v) is 10.3. The molecule has 29 heavy (non-hydrogen) atoms. The molecule has 0 spiro atoms. The lowest BCUT2D eigenvalue weighted by Crippen LogP contribution is -2.34. The molecule has 152 valence electrons. The number of carbonyl (C=O) groups is 1. The van der Waals surface area contributed by atoms with Crippen molar-refractivity contribution < 1.29 is 9.53 Å². The average molecular weight is 451 g/mol. The van der Waals surface area contributed by atoms with Crippen LogP contribution in [0.5, 0.6) is 5.75 Å². The second kappa shape index (κ2) is 9.54. The summed E-state index contributed by atoms with van der Waals surface area (Å²) < 4.78 is 6.06. The van der Waals surface area contributed by atoms with Crippen LogP contribution in [0.1, 0.15) is 23.3 Å². The molecule has 0 bridgehead atoms. The molecule has 1 saturated heterocycles. The Kier molecular flexibility index (Phi) is 7.08. The fraction of sp³-hybridized carbons (Fsp3) is 0.250. The van der Waals surface area contributed by atoms with Crippen molar-refractivity contribution in [1.29, 1.82) is 0 Å². The van der Waals surface area contributed by atoms with Crippen molar-refractivity contribution in [1.82, 2.24) is 15.3 Å². The molecule has 2 aromatic heterocycles. The van der Waals surface area contributed by atoms with Crippen LogP contribution in [0.15, 0.2) is 41.9 Å². The van der Waals surface area contributed by atoms with Crippen LogP contribution < -0.4 is 15.8 Å². The summed E-state index contributed by atoms with van der Waals surface area (Å²) in [6.07, 6.45) is 3.54. The lowest BCUT2D eigenvalue weighted by molar-refractivity contribution is 0.0996. The number of nitrogens with two attached hydrogens (primary N) is 1. The highest BCUT2D eigenvalue weighted by atomic mass is 35.5. The number of halogens is 2. The quantitative estimate of drug-likeness (QED) is 0.608. The molecule has 9 heteroatoms. The van der Waals surface area contributed by atoms with E-state index in [2.05, 4.69) is 15.3 Å². The summed E-state index contributed by atoms with van der Waals surface area (Å²) in [5.41, 5.74) is 7.86. The van der Waals surface area contributed by atoms with Crippen LogP contribution in [-0.2, 0) is 0 Å². The molecular formula is C20H20Cl2N4O2S. The van der Waals surface area contributed by atoms with Crippen molar-refractivity contribution in [3.05, 3.63) is 52.6 Å². The smallest absolute Gasteiger partial charge is 0.268 e. The summed E-state index contributed by atoms with van der Waals surface area (Å²) in [5.74, 6) is 0.0132. The Balaban J connectivity index is 0.00000240. The highest BCUT2D eigenvalue weighted by Gasteiger charge is 2.20. The van der Waals surface area contributed by atoms with Crippen LogP contribution in [0.2, 0.25) is 5.02 Å². The summed E-state index contributed by atoms with van der Waals surface area (Å²) in [4.78, 5) is 20.8. The molecule has 0 radical (unpaired) electrons. The van der Waals surface area contributed by atoms with E-state index in [4.69, 9.17) is 22.1 Å². The fourth-order valence-electron chi connectivity index (χ4n) is 3.17. The number of piperidine rings is 1. The van der Waals surface area contributed by atoms with Crippen LogP contribution in [0, 0.1) is 0 Å². The Morgan fingerprint density at radius 3 is 2.72 bits per heavy atom. The summed E-state index contributed by atoms with van der Waals surface area (Å²) in [7, 11) is 0. The van der Waals surface area contributed by atoms with Crippen LogP contribution >= 0.6 is 35.3 Å². The summed E-state index contributed by atoms with van der Waals surface area (Å²) in [6, 6.07) is 9.30. The minimum Gasteiger partial charge on any atom is -0.489 e. The molecular weight excluding hydrogens is 431 g/mol. The van der Waals surface area contributed by atoms with Gasteiger partial charge in [0, 0.05) is 21.5 Å². The first kappa shape index (κ1) is 21.5. The van der Waals surface area contributed by atoms with Gasteiger partial charge in [0.25, 0.3) is 5.91 Å². The van der Waals surface area contributed by atoms with Gasteiger partial charge in [0.1, 0.15) is 22.6 Å². The van der Waals surface area contributed by atoms with Crippen LogP contribution in [0.25, 0.3) is 21.8 Å². The maximum atomic E-state index is 11.9. The number of nitrogens with zero attached hydrogens (tertiary/aromatic N) is 2. The lowest BCUT2D eigenvalue weighted by atomic mass is 10.1. The molecule has 3 N–H and O–H groups in total. The Morgan fingerprint density at radius 1 is 1.24 bits per heavy atom. The molecule has 0 atom stereocenters. The van der Waals surface area contributed by atoms with E-state index in [0.717, 1.165) is 37.2 Å². The molecule has 1 aromatic carbocycles. The maximum Gasteiger partial charge on any atom is 0.268 e. The van der Waals surface area contributed by atoms with Gasteiger partial charge in [-0.05, 0) is 38.1 Å². The Hall–Kier alpha value is -2.19. The molecule has 0 aliphatic carbocycles. The van der Waals surface area contributed by atoms with E-state index in [1.165, 1.54) is 11.3 Å². The van der Waals surface area contributed by atoms with E-state index in [1.54, 1.807) is 12.3 Å². The van der Waals surface area contributed by atoms with Gasteiger partial charge < -0.3 is 15.8 Å². The zero-order chi connectivity index (χ0) is 19.5. The average Bonchev–Trinajstić information content (AvgIpc) is 3.19. The zero-order valence-electron chi connectivity index (χ0n) is 15.4. The second-order valence-corrected chi connectivity index (χ2v) is 7.78. The standard InChI is InChI=1S/C20H19ClN4O2S.ClH/c21-16-4-2-1-3-14(16)17-11-28-20(25-17)15-9-13(10-24-18(15)19(22)26)27-12-5-7-23-8-6-12;/h1-4,9-12,23H,5-8H2,(H2,22,26);1H. The highest BCUT2D eigenvalue weighted by Crippen LogP contribution is 2.34. The lowest BCUT2D eigenvalue weighted by Gasteiger charge is -2.23. The molecule has 0 saturated carbocycles. The van der Waals surface area contributed by atoms with E-state index in [0.29, 0.717) is 21.3 Å². The van der Waals surface area contributed by atoms with Crippen molar-refractivity contribution >= 4 is 41.3 Å². The Morgan fingerprint density at radius 2 is 2.00 bits per heavy atom. The van der Waals surface area contributed by atoms with Crippen molar-refractivity contribution in [2.24, 2.45) is 5.73 Å². The third-order valence-electron chi connectivity index (χ3n) is 4.57. The first-order valence-electron chi connectivity index (χ1n) is 9.00. The molecule has 1 aliphatic heterocycles. The van der Waals surface area contributed by atoms with E-state index in [-0.39, 0.29) is 24.2 Å². The van der Waals surface area contributed by atoms with E-state index in [1.807, 2.05) is 29.6 Å². The molecule has 0 unspecified atom stereocenters. The van der Waals surface area contributed by atoms with Gasteiger partial charge in [0.05, 0.1) is 11.9 Å². The molecule has 1 amide bonds. The number of aromatic nitrogens is 2. The molecule has 6 nitrogen and oxygen atoms in total. The zero-order valence-corrected chi connectivity index (χ0v) is 17.8. The SMILES string of the molecule is Cl.NC(=O)c1ncc(OC2CCNCC2)cc1-c1nc(-c2ccccc2Cl)cs1. The van der Waals surface area contributed by atoms with Gasteiger partial charge in [-0.1, -0.05) is 29.8 Å². The topological polar surface area (TPSA) is 90.1 Å². The highest BCUT2D eigenvalue weighted by molar-refractivity contribution is 7.13. The number of benzene rings is 1. The van der Waals surface area contributed by atoms with Crippen molar-refractivity contribution in [2.45, 2.75) is 18.9 Å². The molecule has 3 heterocycles. The van der Waals surface area contributed by atoms with E-state index in [9.17, 15) is 4.79 Å². The first-order chi connectivity index (χ1) is 13.6. The minimum absolute atomic E-state index is 0. The molecule has 3 aromatic rings. The predicted molar refractivity (Wildman–Crippen MR) is 118 cm³/mol. The number of carbonyl (C=O) groups excluding carboxylic acids is 1. The van der Waals surface area contributed by atoms with Gasteiger partial charge in [-0.15, -0.1) is 23.7 Å². The van der Waals surface area contributed by atoms with Crippen molar-refractivity contribution in [3.63, 3.8) is 0 Å².